The summed E-state index contributed by atoms with van der Waals surface area (Å²) in [5.74, 6) is -0.418. The average Bonchev–Trinajstić information content (AvgIpc) is 3.49. The van der Waals surface area contributed by atoms with Crippen molar-refractivity contribution >= 4 is 43.5 Å². The SMILES string of the molecule is CCOc1ccccc1N(CC(=O)N(Cc1ccc(Br)cc1)C(C)C(=O)NC1CCCC1)S(=O)(=O)c1ccc(C)cc1. The highest BCUT2D eigenvalue weighted by molar-refractivity contribution is 9.10. The first-order valence-electron chi connectivity index (χ1n) is 14.3. The van der Waals surface area contributed by atoms with Crippen LogP contribution in [0.5, 0.6) is 5.75 Å². The first-order chi connectivity index (χ1) is 20.1. The molecule has 0 heterocycles. The molecule has 4 rings (SSSR count). The molecule has 224 valence electrons. The average molecular weight is 657 g/mol. The van der Waals surface area contributed by atoms with Crippen LogP contribution in [-0.4, -0.2) is 50.4 Å². The molecule has 0 spiro atoms. The lowest BCUT2D eigenvalue weighted by atomic mass is 10.1. The van der Waals surface area contributed by atoms with Gasteiger partial charge in [0.2, 0.25) is 11.8 Å². The summed E-state index contributed by atoms with van der Waals surface area (Å²) in [5.41, 5.74) is 1.98. The molecule has 1 unspecified atom stereocenters. The number of amides is 2. The highest BCUT2D eigenvalue weighted by Crippen LogP contribution is 2.33. The first-order valence-corrected chi connectivity index (χ1v) is 16.5. The second-order valence-corrected chi connectivity index (χ2v) is 13.3. The van der Waals surface area contributed by atoms with Gasteiger partial charge in [0.15, 0.2) is 0 Å². The summed E-state index contributed by atoms with van der Waals surface area (Å²) in [5, 5.41) is 3.09. The highest BCUT2D eigenvalue weighted by atomic mass is 79.9. The van der Waals surface area contributed by atoms with Crippen molar-refractivity contribution in [2.24, 2.45) is 0 Å². The molecule has 1 N–H and O–H groups in total. The van der Waals surface area contributed by atoms with E-state index in [4.69, 9.17) is 4.74 Å². The van der Waals surface area contributed by atoms with Crippen LogP contribution in [0, 0.1) is 6.92 Å². The van der Waals surface area contributed by atoms with E-state index in [-0.39, 0.29) is 29.1 Å². The van der Waals surface area contributed by atoms with E-state index in [0.717, 1.165) is 45.6 Å². The zero-order valence-corrected chi connectivity index (χ0v) is 26.7. The van der Waals surface area contributed by atoms with Crippen LogP contribution >= 0.6 is 15.9 Å². The van der Waals surface area contributed by atoms with Crippen LogP contribution in [-0.2, 0) is 26.2 Å². The standard InChI is InChI=1S/C32H38BrN3O5S/c1-4-41-30-12-8-7-11-29(30)36(42(39,40)28-19-13-23(2)14-20-28)22-31(37)35(21-25-15-17-26(33)18-16-25)24(3)32(38)34-27-9-5-6-10-27/h7-8,11-20,24,27H,4-6,9-10,21-22H2,1-3H3,(H,34,38). The highest BCUT2D eigenvalue weighted by Gasteiger charge is 2.34. The van der Waals surface area contributed by atoms with Crippen molar-refractivity contribution in [3.63, 3.8) is 0 Å². The van der Waals surface area contributed by atoms with Crippen molar-refractivity contribution in [3.8, 4) is 5.75 Å². The van der Waals surface area contributed by atoms with Gasteiger partial charge in [-0.25, -0.2) is 8.42 Å². The Balaban J connectivity index is 1.72. The molecule has 1 aliphatic rings. The van der Waals surface area contributed by atoms with Crippen LogP contribution in [0.4, 0.5) is 5.69 Å². The summed E-state index contributed by atoms with van der Waals surface area (Å²) in [6.07, 6.45) is 3.95. The van der Waals surface area contributed by atoms with E-state index in [0.29, 0.717) is 12.4 Å². The van der Waals surface area contributed by atoms with Gasteiger partial charge in [0.1, 0.15) is 18.3 Å². The fourth-order valence-electron chi connectivity index (χ4n) is 5.05. The molecule has 0 aromatic heterocycles. The van der Waals surface area contributed by atoms with E-state index < -0.39 is 28.5 Å². The fourth-order valence-corrected chi connectivity index (χ4v) is 6.74. The third kappa shape index (κ3) is 7.72. The summed E-state index contributed by atoms with van der Waals surface area (Å²) in [7, 11) is -4.18. The maximum absolute atomic E-state index is 14.2. The Bertz CT molecular complexity index is 1470. The van der Waals surface area contributed by atoms with Crippen LogP contribution in [0.2, 0.25) is 0 Å². The van der Waals surface area contributed by atoms with Gasteiger partial charge in [-0.3, -0.25) is 13.9 Å². The van der Waals surface area contributed by atoms with E-state index in [1.54, 1.807) is 43.3 Å². The molecule has 1 fully saturated rings. The molecule has 1 aliphatic carbocycles. The molecule has 10 heteroatoms. The Morgan fingerprint density at radius 2 is 1.64 bits per heavy atom. The molecule has 3 aromatic carbocycles. The van der Waals surface area contributed by atoms with Crippen LogP contribution < -0.4 is 14.4 Å². The van der Waals surface area contributed by atoms with Crippen molar-refractivity contribution in [1.82, 2.24) is 10.2 Å². The lowest BCUT2D eigenvalue weighted by Crippen LogP contribution is -2.52. The quantitative estimate of drug-likeness (QED) is 0.265. The van der Waals surface area contributed by atoms with Crippen molar-refractivity contribution in [3.05, 3.63) is 88.4 Å². The van der Waals surface area contributed by atoms with Gasteiger partial charge in [0.05, 0.1) is 17.2 Å². The molecule has 42 heavy (non-hydrogen) atoms. The normalized spacial score (nSPS) is 14.3. The first kappa shape index (κ1) is 31.6. The number of anilines is 1. The largest absolute Gasteiger partial charge is 0.492 e. The number of ether oxygens (including phenoxy) is 1. The van der Waals surface area contributed by atoms with Gasteiger partial charge in [-0.05, 0) is 75.6 Å². The van der Waals surface area contributed by atoms with Crippen molar-refractivity contribution < 1.29 is 22.7 Å². The fraction of sp³-hybridized carbons (Fsp3) is 0.375. The Hall–Kier alpha value is -3.37. The number of benzene rings is 3. The van der Waals surface area contributed by atoms with Crippen LogP contribution in [0.15, 0.2) is 82.2 Å². The summed E-state index contributed by atoms with van der Waals surface area (Å²) in [4.78, 5) is 29.0. The number of hydrogen-bond donors (Lipinski definition) is 1. The van der Waals surface area contributed by atoms with E-state index in [2.05, 4.69) is 21.2 Å². The molecule has 0 saturated heterocycles. The number of rotatable bonds is 12. The molecule has 1 saturated carbocycles. The second-order valence-electron chi connectivity index (χ2n) is 10.5. The van der Waals surface area contributed by atoms with Gasteiger partial charge in [-0.1, -0.05) is 70.7 Å². The number of carbonyl (C=O) groups excluding carboxylic acids is 2. The summed E-state index contributed by atoms with van der Waals surface area (Å²) < 4.78 is 36.0. The number of carbonyl (C=O) groups is 2. The summed E-state index contributed by atoms with van der Waals surface area (Å²) in [6.45, 7) is 5.31. The number of nitrogens with one attached hydrogen (secondary N) is 1. The minimum absolute atomic E-state index is 0.0543. The number of aryl methyl sites for hydroxylation is 1. The maximum Gasteiger partial charge on any atom is 0.264 e. The number of para-hydroxylation sites is 2. The zero-order chi connectivity index (χ0) is 30.3. The molecular weight excluding hydrogens is 618 g/mol. The number of hydrogen-bond acceptors (Lipinski definition) is 5. The van der Waals surface area contributed by atoms with E-state index in [9.17, 15) is 18.0 Å². The van der Waals surface area contributed by atoms with E-state index >= 15 is 0 Å². The lowest BCUT2D eigenvalue weighted by Gasteiger charge is -2.33. The molecule has 0 aliphatic heterocycles. The minimum atomic E-state index is -4.18. The zero-order valence-electron chi connectivity index (χ0n) is 24.3. The minimum Gasteiger partial charge on any atom is -0.492 e. The van der Waals surface area contributed by atoms with Crippen LogP contribution in [0.3, 0.4) is 0 Å². The van der Waals surface area contributed by atoms with Gasteiger partial charge in [0.25, 0.3) is 10.0 Å². The Labute approximate surface area is 257 Å². The van der Waals surface area contributed by atoms with Crippen molar-refractivity contribution in [1.29, 1.82) is 0 Å². The lowest BCUT2D eigenvalue weighted by molar-refractivity contribution is -0.139. The van der Waals surface area contributed by atoms with Gasteiger partial charge >= 0.3 is 0 Å². The van der Waals surface area contributed by atoms with Crippen LogP contribution in [0.1, 0.15) is 50.7 Å². The third-order valence-corrected chi connectivity index (χ3v) is 9.76. The monoisotopic (exact) mass is 655 g/mol. The second kappa shape index (κ2) is 14.2. The Kier molecular flexibility index (Phi) is 10.7. The Morgan fingerprint density at radius 1 is 1.00 bits per heavy atom. The van der Waals surface area contributed by atoms with Gasteiger partial charge in [-0.2, -0.15) is 0 Å². The Morgan fingerprint density at radius 3 is 2.29 bits per heavy atom. The maximum atomic E-state index is 14.2. The smallest absolute Gasteiger partial charge is 0.264 e. The van der Waals surface area contributed by atoms with Crippen molar-refractivity contribution in [2.45, 2.75) is 70.0 Å². The number of nitrogens with zero attached hydrogens (tertiary/aromatic N) is 2. The van der Waals surface area contributed by atoms with Gasteiger partial charge in [-0.15, -0.1) is 0 Å². The summed E-state index contributed by atoms with van der Waals surface area (Å²) >= 11 is 3.44. The predicted molar refractivity (Wildman–Crippen MR) is 168 cm³/mol. The molecule has 1 atom stereocenters. The molecule has 2 amide bonds. The molecule has 3 aromatic rings. The van der Waals surface area contributed by atoms with Crippen molar-refractivity contribution in [2.75, 3.05) is 17.5 Å². The van der Waals surface area contributed by atoms with Gasteiger partial charge in [0, 0.05) is 17.1 Å². The third-order valence-electron chi connectivity index (χ3n) is 7.46. The van der Waals surface area contributed by atoms with E-state index in [1.165, 1.54) is 17.0 Å². The van der Waals surface area contributed by atoms with Gasteiger partial charge < -0.3 is 15.0 Å². The summed E-state index contributed by atoms with van der Waals surface area (Å²) in [6, 6.07) is 20.0. The molecule has 8 nitrogen and oxygen atoms in total. The number of sulfonamides is 1. The van der Waals surface area contributed by atoms with Crippen LogP contribution in [0.25, 0.3) is 0 Å². The van der Waals surface area contributed by atoms with E-state index in [1.807, 2.05) is 38.1 Å². The number of halogens is 1. The molecular formula is C32H38BrN3O5S. The topological polar surface area (TPSA) is 96.0 Å². The molecule has 0 radical (unpaired) electrons. The molecule has 0 bridgehead atoms. The predicted octanol–water partition coefficient (Wildman–Crippen LogP) is 5.83.